The van der Waals surface area contributed by atoms with Crippen LogP contribution in [0, 0.1) is 0 Å². The Morgan fingerprint density at radius 2 is 2.00 bits per heavy atom. The number of hydrogen-bond acceptors (Lipinski definition) is 2. The van der Waals surface area contributed by atoms with Gasteiger partial charge in [-0.2, -0.15) is 0 Å². The molecule has 3 nitrogen and oxygen atoms in total. The predicted molar refractivity (Wildman–Crippen MR) is 61.7 cm³/mol. The molecular formula is C11H15ClN2O. The zero-order chi connectivity index (χ0) is 11.5. The summed E-state index contributed by atoms with van der Waals surface area (Å²) >= 11 is 5.79. The Morgan fingerprint density at radius 1 is 1.47 bits per heavy atom. The molecule has 1 amide bonds. The molecule has 4 heteroatoms. The second-order valence-corrected chi connectivity index (χ2v) is 3.82. The fraction of sp³-hybridized carbons (Fsp3) is 0.364. The molecule has 0 aliphatic heterocycles. The first-order chi connectivity index (χ1) is 7.06. The second-order valence-electron chi connectivity index (χ2n) is 3.38. The Labute approximate surface area is 94.6 Å². The van der Waals surface area contributed by atoms with E-state index in [9.17, 15) is 4.79 Å². The molecule has 0 radical (unpaired) electrons. The van der Waals surface area contributed by atoms with Gasteiger partial charge in [-0.25, -0.2) is 0 Å². The first kappa shape index (κ1) is 12.0. The third kappa shape index (κ3) is 2.13. The zero-order valence-electron chi connectivity index (χ0n) is 8.88. The number of halogens is 1. The number of likely N-dealkylation sites (N-methyl/N-ethyl adjacent to an activating group) is 1. The van der Waals surface area contributed by atoms with Crippen molar-refractivity contribution in [3.8, 4) is 0 Å². The lowest BCUT2D eigenvalue weighted by Crippen LogP contribution is -2.50. The summed E-state index contributed by atoms with van der Waals surface area (Å²) in [5.41, 5.74) is 5.46. The second kappa shape index (κ2) is 4.64. The summed E-state index contributed by atoms with van der Waals surface area (Å²) in [6, 6.07) is 7.13. The van der Waals surface area contributed by atoms with Gasteiger partial charge in [0.2, 0.25) is 5.91 Å². The highest BCUT2D eigenvalue weighted by Gasteiger charge is 2.34. The van der Waals surface area contributed by atoms with Crippen molar-refractivity contribution in [1.82, 2.24) is 5.32 Å². The normalized spacial score (nSPS) is 14.6. The summed E-state index contributed by atoms with van der Waals surface area (Å²) in [6.07, 6.45) is 0.598. The van der Waals surface area contributed by atoms with Gasteiger partial charge in [0, 0.05) is 5.02 Å². The van der Waals surface area contributed by atoms with Crippen LogP contribution in [0.2, 0.25) is 5.02 Å². The SMILES string of the molecule is CCC(NC)(C(N)=O)c1ccc(Cl)cc1. The van der Waals surface area contributed by atoms with E-state index in [1.165, 1.54) is 0 Å². The molecule has 0 fully saturated rings. The van der Waals surface area contributed by atoms with Crippen LogP contribution in [-0.2, 0) is 10.3 Å². The summed E-state index contributed by atoms with van der Waals surface area (Å²) in [7, 11) is 1.73. The molecule has 0 saturated carbocycles. The van der Waals surface area contributed by atoms with E-state index >= 15 is 0 Å². The quantitative estimate of drug-likeness (QED) is 0.820. The van der Waals surface area contributed by atoms with Crippen LogP contribution >= 0.6 is 11.6 Å². The van der Waals surface area contributed by atoms with Crippen LogP contribution in [0.5, 0.6) is 0 Å². The maximum absolute atomic E-state index is 11.5. The number of benzene rings is 1. The minimum Gasteiger partial charge on any atom is -0.368 e. The van der Waals surface area contributed by atoms with Crippen molar-refractivity contribution in [1.29, 1.82) is 0 Å². The first-order valence-electron chi connectivity index (χ1n) is 4.81. The van der Waals surface area contributed by atoms with E-state index in [2.05, 4.69) is 5.32 Å². The predicted octanol–water partition coefficient (Wildman–Crippen LogP) is 1.65. The molecule has 1 aromatic rings. The van der Waals surface area contributed by atoms with Crippen molar-refractivity contribution in [3.63, 3.8) is 0 Å². The number of primary amides is 1. The molecule has 1 aromatic carbocycles. The number of nitrogens with two attached hydrogens (primary N) is 1. The van der Waals surface area contributed by atoms with Gasteiger partial charge in [-0.15, -0.1) is 0 Å². The summed E-state index contributed by atoms with van der Waals surface area (Å²) in [5.74, 6) is -0.380. The third-order valence-electron chi connectivity index (χ3n) is 2.71. The average Bonchev–Trinajstić information content (AvgIpc) is 2.22. The largest absolute Gasteiger partial charge is 0.368 e. The lowest BCUT2D eigenvalue weighted by atomic mass is 9.87. The lowest BCUT2D eigenvalue weighted by molar-refractivity contribution is -0.124. The van der Waals surface area contributed by atoms with E-state index in [4.69, 9.17) is 17.3 Å². The Balaban J connectivity index is 3.20. The van der Waals surface area contributed by atoms with Gasteiger partial charge in [0.05, 0.1) is 0 Å². The van der Waals surface area contributed by atoms with Crippen LogP contribution in [0.1, 0.15) is 18.9 Å². The van der Waals surface area contributed by atoms with Gasteiger partial charge in [0.1, 0.15) is 5.54 Å². The van der Waals surface area contributed by atoms with Gasteiger partial charge in [-0.05, 0) is 31.2 Å². The Bertz CT molecular complexity index is 344. The minimum absolute atomic E-state index is 0.380. The van der Waals surface area contributed by atoms with Gasteiger partial charge in [0.25, 0.3) is 0 Å². The van der Waals surface area contributed by atoms with Gasteiger partial charge in [-0.3, -0.25) is 4.79 Å². The molecule has 0 aliphatic rings. The number of carbonyl (C=O) groups is 1. The Hall–Kier alpha value is -1.06. The molecule has 0 saturated heterocycles. The number of rotatable bonds is 4. The summed E-state index contributed by atoms with van der Waals surface area (Å²) in [6.45, 7) is 1.91. The van der Waals surface area contributed by atoms with Crippen molar-refractivity contribution >= 4 is 17.5 Å². The molecule has 0 aliphatic carbocycles. The van der Waals surface area contributed by atoms with Crippen LogP contribution < -0.4 is 11.1 Å². The lowest BCUT2D eigenvalue weighted by Gasteiger charge is -2.29. The van der Waals surface area contributed by atoms with Gasteiger partial charge in [-0.1, -0.05) is 30.7 Å². The van der Waals surface area contributed by atoms with Crippen LogP contribution in [0.15, 0.2) is 24.3 Å². The molecule has 0 aromatic heterocycles. The van der Waals surface area contributed by atoms with Crippen molar-refractivity contribution < 1.29 is 4.79 Å². The molecule has 0 bridgehead atoms. The monoisotopic (exact) mass is 226 g/mol. The summed E-state index contributed by atoms with van der Waals surface area (Å²) in [4.78, 5) is 11.5. The van der Waals surface area contributed by atoms with E-state index in [0.717, 1.165) is 5.56 Å². The van der Waals surface area contributed by atoms with Gasteiger partial charge in [0.15, 0.2) is 0 Å². The Kier molecular flexibility index (Phi) is 3.72. The van der Waals surface area contributed by atoms with Crippen molar-refractivity contribution in [2.45, 2.75) is 18.9 Å². The number of hydrogen-bond donors (Lipinski definition) is 2. The minimum atomic E-state index is -0.801. The van der Waals surface area contributed by atoms with Crippen LogP contribution in [0.25, 0.3) is 0 Å². The average molecular weight is 227 g/mol. The molecule has 0 heterocycles. The maximum Gasteiger partial charge on any atom is 0.242 e. The highest BCUT2D eigenvalue weighted by Crippen LogP contribution is 2.25. The topological polar surface area (TPSA) is 55.1 Å². The fourth-order valence-corrected chi connectivity index (χ4v) is 1.83. The molecule has 3 N–H and O–H groups in total. The standard InChI is InChI=1S/C11H15ClN2O/c1-3-11(14-2,10(13)15)8-4-6-9(12)7-5-8/h4-7,14H,3H2,1-2H3,(H2,13,15). The van der Waals surface area contributed by atoms with Crippen LogP contribution in [0.4, 0.5) is 0 Å². The Morgan fingerprint density at radius 3 is 2.33 bits per heavy atom. The molecule has 1 unspecified atom stereocenters. The molecular weight excluding hydrogens is 212 g/mol. The van der Waals surface area contributed by atoms with Crippen molar-refractivity contribution in [2.75, 3.05) is 7.05 Å². The van der Waals surface area contributed by atoms with E-state index in [1.54, 1.807) is 19.2 Å². The van der Waals surface area contributed by atoms with Crippen LogP contribution in [0.3, 0.4) is 0 Å². The molecule has 82 valence electrons. The van der Waals surface area contributed by atoms with Crippen molar-refractivity contribution in [3.05, 3.63) is 34.9 Å². The summed E-state index contributed by atoms with van der Waals surface area (Å²) in [5, 5.41) is 3.63. The van der Waals surface area contributed by atoms with E-state index in [-0.39, 0.29) is 5.91 Å². The van der Waals surface area contributed by atoms with Crippen LogP contribution in [-0.4, -0.2) is 13.0 Å². The molecule has 0 spiro atoms. The molecule has 15 heavy (non-hydrogen) atoms. The highest BCUT2D eigenvalue weighted by atomic mass is 35.5. The molecule has 1 atom stereocenters. The summed E-state index contributed by atoms with van der Waals surface area (Å²) < 4.78 is 0. The third-order valence-corrected chi connectivity index (χ3v) is 2.97. The van der Waals surface area contributed by atoms with E-state index < -0.39 is 5.54 Å². The van der Waals surface area contributed by atoms with E-state index in [0.29, 0.717) is 11.4 Å². The first-order valence-corrected chi connectivity index (χ1v) is 5.19. The number of amides is 1. The molecule has 1 rings (SSSR count). The smallest absolute Gasteiger partial charge is 0.242 e. The van der Waals surface area contributed by atoms with Crippen molar-refractivity contribution in [2.24, 2.45) is 5.73 Å². The zero-order valence-corrected chi connectivity index (χ0v) is 9.64. The van der Waals surface area contributed by atoms with Gasteiger partial charge >= 0.3 is 0 Å². The van der Waals surface area contributed by atoms with E-state index in [1.807, 2.05) is 19.1 Å². The van der Waals surface area contributed by atoms with Gasteiger partial charge < -0.3 is 11.1 Å². The number of nitrogens with one attached hydrogen (secondary N) is 1. The maximum atomic E-state index is 11.5. The fourth-order valence-electron chi connectivity index (χ4n) is 1.70. The number of carbonyl (C=O) groups excluding carboxylic acids is 1. The highest BCUT2D eigenvalue weighted by molar-refractivity contribution is 6.30.